The average Bonchev–Trinajstić information content (AvgIpc) is 3.04. The molecule has 0 saturated carbocycles. The van der Waals surface area contributed by atoms with Gasteiger partial charge in [0.25, 0.3) is 0 Å². The molecule has 0 aliphatic carbocycles. The van der Waals surface area contributed by atoms with Crippen molar-refractivity contribution in [3.8, 4) is 0 Å². The van der Waals surface area contributed by atoms with Gasteiger partial charge in [-0.2, -0.15) is 4.31 Å². The fourth-order valence-electron chi connectivity index (χ4n) is 3.72. The summed E-state index contributed by atoms with van der Waals surface area (Å²) in [7, 11) is -3.18. The standard InChI is InChI=1S/C16H26N2O4S/c1-3-23(19,20)18-6-8-21-13-16(12-18)11-17(9-14(16)2)10-15-5-4-7-22-15/h4-5,7,14H,3,6,8-13H2,1-2H3/t14-,16+/m1/s1. The summed E-state index contributed by atoms with van der Waals surface area (Å²) in [5.41, 5.74) is -0.134. The molecule has 2 aliphatic rings. The maximum Gasteiger partial charge on any atom is 0.213 e. The van der Waals surface area contributed by atoms with Crippen LogP contribution in [0.3, 0.4) is 0 Å². The van der Waals surface area contributed by atoms with Gasteiger partial charge < -0.3 is 9.15 Å². The van der Waals surface area contributed by atoms with Gasteiger partial charge in [-0.25, -0.2) is 8.42 Å². The molecule has 2 atom stereocenters. The monoisotopic (exact) mass is 342 g/mol. The van der Waals surface area contributed by atoms with Gasteiger partial charge in [-0.1, -0.05) is 6.92 Å². The number of nitrogens with zero attached hydrogens (tertiary/aromatic N) is 2. The van der Waals surface area contributed by atoms with Crippen LogP contribution in [-0.2, 0) is 21.3 Å². The lowest BCUT2D eigenvalue weighted by Gasteiger charge is -2.34. The minimum Gasteiger partial charge on any atom is -0.468 e. The Morgan fingerprint density at radius 2 is 2.22 bits per heavy atom. The van der Waals surface area contributed by atoms with Gasteiger partial charge in [-0.15, -0.1) is 0 Å². The van der Waals surface area contributed by atoms with E-state index in [9.17, 15) is 8.42 Å². The summed E-state index contributed by atoms with van der Waals surface area (Å²) < 4.78 is 37.5. The first-order valence-electron chi connectivity index (χ1n) is 8.25. The molecule has 0 bridgehead atoms. The number of furan rings is 1. The van der Waals surface area contributed by atoms with Crippen molar-refractivity contribution in [1.82, 2.24) is 9.21 Å². The summed E-state index contributed by atoms with van der Waals surface area (Å²) in [6.45, 7) is 8.56. The van der Waals surface area contributed by atoms with E-state index in [1.807, 2.05) is 12.1 Å². The molecule has 7 heteroatoms. The second-order valence-corrected chi connectivity index (χ2v) is 9.06. The predicted molar refractivity (Wildman–Crippen MR) is 87.4 cm³/mol. The molecule has 0 amide bonds. The third-order valence-corrected chi connectivity index (χ3v) is 7.03. The van der Waals surface area contributed by atoms with E-state index in [0.717, 1.165) is 25.4 Å². The number of likely N-dealkylation sites (tertiary alicyclic amines) is 1. The molecule has 3 heterocycles. The van der Waals surface area contributed by atoms with Crippen LogP contribution in [-0.4, -0.2) is 62.8 Å². The quantitative estimate of drug-likeness (QED) is 0.828. The summed E-state index contributed by atoms with van der Waals surface area (Å²) in [5.74, 6) is 1.47. The molecule has 0 radical (unpaired) electrons. The summed E-state index contributed by atoms with van der Waals surface area (Å²) >= 11 is 0. The van der Waals surface area contributed by atoms with E-state index in [1.165, 1.54) is 0 Å². The molecule has 2 saturated heterocycles. The zero-order chi connectivity index (χ0) is 16.5. The van der Waals surface area contributed by atoms with Crippen LogP contribution in [0.5, 0.6) is 0 Å². The molecule has 130 valence electrons. The SMILES string of the molecule is CCS(=O)(=O)N1CCOC[C@]2(CN(Cc3ccco3)C[C@H]2C)C1. The molecule has 3 rings (SSSR count). The highest BCUT2D eigenvalue weighted by Gasteiger charge is 2.48. The van der Waals surface area contributed by atoms with Gasteiger partial charge in [0, 0.05) is 31.6 Å². The zero-order valence-electron chi connectivity index (χ0n) is 13.9. The van der Waals surface area contributed by atoms with E-state index in [1.54, 1.807) is 17.5 Å². The summed E-state index contributed by atoms with van der Waals surface area (Å²) in [6.07, 6.45) is 1.69. The molecule has 2 aliphatic heterocycles. The van der Waals surface area contributed by atoms with Crippen molar-refractivity contribution in [2.45, 2.75) is 20.4 Å². The molecule has 1 spiro atoms. The van der Waals surface area contributed by atoms with Crippen LogP contribution in [0, 0.1) is 11.3 Å². The lowest BCUT2D eigenvalue weighted by Crippen LogP contribution is -2.46. The van der Waals surface area contributed by atoms with Crippen LogP contribution in [0.2, 0.25) is 0 Å². The van der Waals surface area contributed by atoms with Crippen LogP contribution in [0.4, 0.5) is 0 Å². The molecule has 0 unspecified atom stereocenters. The zero-order valence-corrected chi connectivity index (χ0v) is 14.7. The third-order valence-electron chi connectivity index (χ3n) is 5.20. The van der Waals surface area contributed by atoms with Crippen molar-refractivity contribution in [3.63, 3.8) is 0 Å². The summed E-state index contributed by atoms with van der Waals surface area (Å²) in [5, 5.41) is 0. The molecule has 2 fully saturated rings. The Morgan fingerprint density at radius 1 is 1.39 bits per heavy atom. The number of hydrogen-bond acceptors (Lipinski definition) is 5. The molecule has 0 aromatic carbocycles. The number of rotatable bonds is 4. The van der Waals surface area contributed by atoms with E-state index in [0.29, 0.717) is 32.2 Å². The maximum absolute atomic E-state index is 12.3. The number of hydrogen-bond donors (Lipinski definition) is 0. The molecule has 0 N–H and O–H groups in total. The first-order valence-corrected chi connectivity index (χ1v) is 9.86. The fraction of sp³-hybridized carbons (Fsp3) is 0.750. The van der Waals surface area contributed by atoms with Gasteiger partial charge in [0.1, 0.15) is 5.76 Å². The van der Waals surface area contributed by atoms with Gasteiger partial charge >= 0.3 is 0 Å². The van der Waals surface area contributed by atoms with Crippen molar-refractivity contribution >= 4 is 10.0 Å². The summed E-state index contributed by atoms with van der Waals surface area (Å²) in [4.78, 5) is 2.34. The predicted octanol–water partition coefficient (Wildman–Crippen LogP) is 1.40. The van der Waals surface area contributed by atoms with Gasteiger partial charge in [-0.05, 0) is 25.0 Å². The van der Waals surface area contributed by atoms with Crippen molar-refractivity contribution in [2.75, 3.05) is 45.1 Å². The minimum atomic E-state index is -3.18. The van der Waals surface area contributed by atoms with Crippen LogP contribution in [0.1, 0.15) is 19.6 Å². The van der Waals surface area contributed by atoms with Crippen molar-refractivity contribution < 1.29 is 17.6 Å². The highest BCUT2D eigenvalue weighted by molar-refractivity contribution is 7.89. The maximum atomic E-state index is 12.3. The number of sulfonamides is 1. The Hall–Kier alpha value is -0.890. The van der Waals surface area contributed by atoms with E-state index in [2.05, 4.69) is 11.8 Å². The largest absolute Gasteiger partial charge is 0.468 e. The van der Waals surface area contributed by atoms with Crippen LogP contribution in [0.25, 0.3) is 0 Å². The Balaban J connectivity index is 1.76. The molecule has 23 heavy (non-hydrogen) atoms. The van der Waals surface area contributed by atoms with Crippen molar-refractivity contribution in [3.05, 3.63) is 24.2 Å². The Morgan fingerprint density at radius 3 is 2.91 bits per heavy atom. The Bertz CT molecular complexity index is 616. The van der Waals surface area contributed by atoms with Crippen LogP contribution < -0.4 is 0 Å². The topological polar surface area (TPSA) is 63.0 Å². The van der Waals surface area contributed by atoms with E-state index >= 15 is 0 Å². The highest BCUT2D eigenvalue weighted by atomic mass is 32.2. The number of ether oxygens (including phenoxy) is 1. The molecule has 6 nitrogen and oxygen atoms in total. The van der Waals surface area contributed by atoms with Gasteiger partial charge in [0.05, 0.1) is 31.8 Å². The average molecular weight is 342 g/mol. The van der Waals surface area contributed by atoms with Crippen molar-refractivity contribution in [1.29, 1.82) is 0 Å². The third kappa shape index (κ3) is 3.47. The molecule has 1 aromatic heterocycles. The van der Waals surface area contributed by atoms with E-state index < -0.39 is 10.0 Å². The van der Waals surface area contributed by atoms with Crippen LogP contribution in [0.15, 0.2) is 22.8 Å². The van der Waals surface area contributed by atoms with Gasteiger partial charge in [0.15, 0.2) is 0 Å². The first kappa shape index (κ1) is 17.0. The lowest BCUT2D eigenvalue weighted by molar-refractivity contribution is 0.0526. The van der Waals surface area contributed by atoms with E-state index in [4.69, 9.17) is 9.15 Å². The van der Waals surface area contributed by atoms with E-state index in [-0.39, 0.29) is 11.2 Å². The molecular formula is C16H26N2O4S. The Kier molecular flexibility index (Phi) is 4.83. The van der Waals surface area contributed by atoms with Gasteiger partial charge in [0.2, 0.25) is 10.0 Å². The first-order chi connectivity index (χ1) is 11.0. The highest BCUT2D eigenvalue weighted by Crippen LogP contribution is 2.39. The summed E-state index contributed by atoms with van der Waals surface area (Å²) in [6, 6.07) is 3.88. The lowest BCUT2D eigenvalue weighted by atomic mass is 9.80. The normalized spacial score (nSPS) is 30.8. The van der Waals surface area contributed by atoms with Gasteiger partial charge in [-0.3, -0.25) is 4.90 Å². The smallest absolute Gasteiger partial charge is 0.213 e. The fourth-order valence-corrected chi connectivity index (χ4v) is 4.89. The molecule has 1 aromatic rings. The second kappa shape index (κ2) is 6.55. The van der Waals surface area contributed by atoms with Crippen molar-refractivity contribution in [2.24, 2.45) is 11.3 Å². The van der Waals surface area contributed by atoms with Crippen LogP contribution >= 0.6 is 0 Å². The second-order valence-electron chi connectivity index (χ2n) is 6.80. The Labute approximate surface area is 138 Å². The molecular weight excluding hydrogens is 316 g/mol. The minimum absolute atomic E-state index is 0.134.